The summed E-state index contributed by atoms with van der Waals surface area (Å²) in [6, 6.07) is 0.376. The minimum atomic E-state index is 0. The molecule has 2 N–H and O–H groups in total. The molecule has 1 saturated carbocycles. The lowest BCUT2D eigenvalue weighted by molar-refractivity contribution is -0.139. The van der Waals surface area contributed by atoms with Gasteiger partial charge in [-0.3, -0.25) is 19.4 Å². The number of carbonyl (C=O) groups is 1. The molecule has 1 amide bonds. The number of aliphatic imine (C=N–C) groups is 1. The zero-order valence-electron chi connectivity index (χ0n) is 19.5. The van der Waals surface area contributed by atoms with E-state index in [0.29, 0.717) is 17.9 Å². The molecule has 2 aliphatic heterocycles. The first-order valence-electron chi connectivity index (χ1n) is 11.8. The number of amides is 1. The monoisotopic (exact) mass is 558 g/mol. The summed E-state index contributed by atoms with van der Waals surface area (Å²) in [4.78, 5) is 23.7. The van der Waals surface area contributed by atoms with Crippen molar-refractivity contribution in [1.29, 1.82) is 0 Å². The van der Waals surface area contributed by atoms with E-state index in [1.54, 1.807) is 0 Å². The van der Waals surface area contributed by atoms with E-state index in [1.807, 2.05) is 25.0 Å². The van der Waals surface area contributed by atoms with Crippen LogP contribution in [0.4, 0.5) is 5.69 Å². The summed E-state index contributed by atoms with van der Waals surface area (Å²) in [7, 11) is 3.79. The molecular formula is C22H39IN8O. The van der Waals surface area contributed by atoms with Crippen molar-refractivity contribution < 1.29 is 4.79 Å². The van der Waals surface area contributed by atoms with Gasteiger partial charge in [0.25, 0.3) is 0 Å². The van der Waals surface area contributed by atoms with Crippen LogP contribution in [0.1, 0.15) is 32.1 Å². The second-order valence-corrected chi connectivity index (χ2v) is 9.10. The minimum absolute atomic E-state index is 0. The van der Waals surface area contributed by atoms with E-state index in [9.17, 15) is 4.79 Å². The maximum absolute atomic E-state index is 12.4. The van der Waals surface area contributed by atoms with Crippen molar-refractivity contribution in [3.63, 3.8) is 0 Å². The third kappa shape index (κ3) is 6.49. The van der Waals surface area contributed by atoms with E-state index >= 15 is 0 Å². The number of piperazine rings is 1. The van der Waals surface area contributed by atoms with E-state index in [2.05, 4.69) is 41.6 Å². The predicted octanol–water partition coefficient (Wildman–Crippen LogP) is 1.12. The van der Waals surface area contributed by atoms with Crippen molar-refractivity contribution in [2.24, 2.45) is 18.0 Å². The van der Waals surface area contributed by atoms with Crippen LogP contribution in [-0.4, -0.2) is 96.9 Å². The number of halogens is 1. The van der Waals surface area contributed by atoms with E-state index in [1.165, 1.54) is 12.1 Å². The summed E-state index contributed by atoms with van der Waals surface area (Å²) in [5.74, 6) is 1.58. The van der Waals surface area contributed by atoms with Gasteiger partial charge in [-0.15, -0.1) is 24.0 Å². The van der Waals surface area contributed by atoms with Gasteiger partial charge in [-0.2, -0.15) is 5.10 Å². The molecule has 2 saturated heterocycles. The van der Waals surface area contributed by atoms with Crippen LogP contribution in [0.5, 0.6) is 0 Å². The number of hydrogen-bond donors (Lipinski definition) is 2. The van der Waals surface area contributed by atoms with Crippen molar-refractivity contribution in [2.45, 2.75) is 38.1 Å². The van der Waals surface area contributed by atoms with Gasteiger partial charge in [-0.25, -0.2) is 0 Å². The topological polar surface area (TPSA) is 81.0 Å². The Kier molecular flexibility index (Phi) is 9.45. The van der Waals surface area contributed by atoms with Crippen LogP contribution in [-0.2, 0) is 11.8 Å². The Morgan fingerprint density at radius 2 is 1.94 bits per heavy atom. The molecule has 180 valence electrons. The molecular weight excluding hydrogens is 519 g/mol. The van der Waals surface area contributed by atoms with Crippen molar-refractivity contribution in [3.8, 4) is 0 Å². The molecule has 1 aliphatic carbocycles. The molecule has 0 bridgehead atoms. The van der Waals surface area contributed by atoms with Gasteiger partial charge in [0.05, 0.1) is 11.9 Å². The Hall–Kier alpha value is -1.56. The Morgan fingerprint density at radius 1 is 1.16 bits per heavy atom. The highest BCUT2D eigenvalue weighted by atomic mass is 127. The van der Waals surface area contributed by atoms with E-state index in [0.717, 1.165) is 84.0 Å². The highest BCUT2D eigenvalue weighted by molar-refractivity contribution is 14.0. The molecule has 9 nitrogen and oxygen atoms in total. The first-order chi connectivity index (χ1) is 15.1. The third-order valence-electron chi connectivity index (χ3n) is 6.90. The third-order valence-corrected chi connectivity index (χ3v) is 6.90. The summed E-state index contributed by atoms with van der Waals surface area (Å²) < 4.78 is 1.86. The number of carbonyl (C=O) groups excluding carboxylic acids is 1. The molecule has 1 aromatic heterocycles. The standard InChI is InChI=1S/C22H38N8O.HI/c1-23-22(26-19-7-4-9-30(16-19)20-15-25-27(2)17-20)24-8-10-28-11-13-29(14-12-28)21(31)18-5-3-6-18;/h15,17-19H,3-14,16H2,1-2H3,(H2,23,24,26);1H. The summed E-state index contributed by atoms with van der Waals surface area (Å²) in [6.45, 7) is 7.54. The molecule has 0 radical (unpaired) electrons. The number of piperidine rings is 1. The van der Waals surface area contributed by atoms with Gasteiger partial charge < -0.3 is 20.4 Å². The average Bonchev–Trinajstić information content (AvgIpc) is 3.19. The van der Waals surface area contributed by atoms with Gasteiger partial charge in [-0.1, -0.05) is 6.42 Å². The van der Waals surface area contributed by atoms with Crippen LogP contribution in [0, 0.1) is 5.92 Å². The summed E-state index contributed by atoms with van der Waals surface area (Å²) >= 11 is 0. The van der Waals surface area contributed by atoms with Crippen LogP contribution < -0.4 is 15.5 Å². The molecule has 1 aromatic rings. The summed E-state index contributed by atoms with van der Waals surface area (Å²) in [6.07, 6.45) is 9.73. The Morgan fingerprint density at radius 3 is 2.56 bits per heavy atom. The van der Waals surface area contributed by atoms with Crippen LogP contribution in [0.2, 0.25) is 0 Å². The number of rotatable bonds is 6. The van der Waals surface area contributed by atoms with Crippen molar-refractivity contribution >= 4 is 41.5 Å². The van der Waals surface area contributed by atoms with Crippen LogP contribution in [0.15, 0.2) is 17.4 Å². The highest BCUT2D eigenvalue weighted by Crippen LogP contribution is 2.28. The molecule has 1 unspecified atom stereocenters. The number of nitrogens with one attached hydrogen (secondary N) is 2. The van der Waals surface area contributed by atoms with Gasteiger partial charge in [0.1, 0.15) is 0 Å². The molecule has 4 rings (SSSR count). The Labute approximate surface area is 209 Å². The average molecular weight is 559 g/mol. The summed E-state index contributed by atoms with van der Waals surface area (Å²) in [5.41, 5.74) is 1.19. The van der Waals surface area contributed by atoms with Crippen LogP contribution in [0.3, 0.4) is 0 Å². The van der Waals surface area contributed by atoms with Gasteiger partial charge in [0.2, 0.25) is 5.91 Å². The smallest absolute Gasteiger partial charge is 0.225 e. The van der Waals surface area contributed by atoms with Crippen molar-refractivity contribution in [2.75, 3.05) is 64.3 Å². The Balaban J connectivity index is 0.00000289. The lowest BCUT2D eigenvalue weighted by Gasteiger charge is -2.38. The fourth-order valence-corrected chi connectivity index (χ4v) is 4.73. The first-order valence-corrected chi connectivity index (χ1v) is 11.8. The molecule has 3 fully saturated rings. The zero-order chi connectivity index (χ0) is 21.6. The first kappa shape index (κ1) is 25.1. The second kappa shape index (κ2) is 12.1. The van der Waals surface area contributed by atoms with E-state index in [-0.39, 0.29) is 24.0 Å². The lowest BCUT2D eigenvalue weighted by atomic mass is 9.84. The molecule has 3 heterocycles. The highest BCUT2D eigenvalue weighted by Gasteiger charge is 2.31. The maximum Gasteiger partial charge on any atom is 0.225 e. The number of nitrogens with zero attached hydrogens (tertiary/aromatic N) is 6. The fraction of sp³-hybridized carbons (Fsp3) is 0.773. The molecule has 32 heavy (non-hydrogen) atoms. The van der Waals surface area contributed by atoms with Gasteiger partial charge in [0, 0.05) is 84.6 Å². The summed E-state index contributed by atoms with van der Waals surface area (Å²) in [5, 5.41) is 11.4. The minimum Gasteiger partial charge on any atom is -0.367 e. The van der Waals surface area contributed by atoms with Gasteiger partial charge >= 0.3 is 0 Å². The molecule has 0 spiro atoms. The zero-order valence-corrected chi connectivity index (χ0v) is 21.8. The molecule has 3 aliphatic rings. The SMILES string of the molecule is CN=C(NCCN1CCN(C(=O)C2CCC2)CC1)NC1CCCN(c2cnn(C)c2)C1.I. The maximum atomic E-state index is 12.4. The number of anilines is 1. The van der Waals surface area contributed by atoms with Crippen LogP contribution in [0.25, 0.3) is 0 Å². The predicted molar refractivity (Wildman–Crippen MR) is 139 cm³/mol. The number of aromatic nitrogens is 2. The fourth-order valence-electron chi connectivity index (χ4n) is 4.73. The van der Waals surface area contributed by atoms with Crippen LogP contribution >= 0.6 is 24.0 Å². The largest absolute Gasteiger partial charge is 0.367 e. The molecule has 1 atom stereocenters. The second-order valence-electron chi connectivity index (χ2n) is 9.10. The van der Waals surface area contributed by atoms with Gasteiger partial charge in [0.15, 0.2) is 5.96 Å². The van der Waals surface area contributed by atoms with Gasteiger partial charge in [-0.05, 0) is 25.7 Å². The molecule has 0 aromatic carbocycles. The number of hydrogen-bond acceptors (Lipinski definition) is 5. The number of aryl methyl sites for hydroxylation is 1. The van der Waals surface area contributed by atoms with E-state index < -0.39 is 0 Å². The van der Waals surface area contributed by atoms with Crippen molar-refractivity contribution in [3.05, 3.63) is 12.4 Å². The number of guanidine groups is 1. The van der Waals surface area contributed by atoms with Crippen molar-refractivity contribution in [1.82, 2.24) is 30.2 Å². The normalized spacial score (nSPS) is 22.8. The Bertz CT molecular complexity index is 757. The lowest BCUT2D eigenvalue weighted by Crippen LogP contribution is -2.54. The molecule has 10 heteroatoms. The van der Waals surface area contributed by atoms with E-state index in [4.69, 9.17) is 0 Å². The quantitative estimate of drug-likeness (QED) is 0.310.